The molecule has 0 bridgehead atoms. The van der Waals surface area contributed by atoms with E-state index in [0.717, 1.165) is 11.3 Å². The van der Waals surface area contributed by atoms with E-state index in [2.05, 4.69) is 25.3 Å². The molecule has 168 valence electrons. The predicted molar refractivity (Wildman–Crippen MR) is 126 cm³/mol. The number of nitrogens with one attached hydrogen (secondary N) is 1. The minimum atomic E-state index is -0.196. The summed E-state index contributed by atoms with van der Waals surface area (Å²) in [4.78, 5) is 30.1. The molecule has 0 radical (unpaired) electrons. The van der Waals surface area contributed by atoms with Gasteiger partial charge in [0.15, 0.2) is 11.5 Å². The number of aromatic nitrogens is 4. The lowest BCUT2D eigenvalue weighted by Gasteiger charge is -2.10. The third-order valence-corrected chi connectivity index (χ3v) is 5.68. The number of thioether (sulfide) groups is 1. The van der Waals surface area contributed by atoms with Crippen LogP contribution in [-0.4, -0.2) is 52.9 Å². The van der Waals surface area contributed by atoms with Gasteiger partial charge in [-0.25, -0.2) is 19.9 Å². The number of hydrogen-bond donors (Lipinski definition) is 1. The number of anilines is 1. The maximum Gasteiger partial charge on any atom is 0.234 e. The molecule has 0 aliphatic heterocycles. The van der Waals surface area contributed by atoms with E-state index in [1.54, 1.807) is 45.7 Å². The number of fused-ring (bicyclic) bond motifs is 1. The van der Waals surface area contributed by atoms with Crippen molar-refractivity contribution in [3.8, 4) is 28.6 Å². The number of rotatable bonds is 8. The van der Waals surface area contributed by atoms with Crippen molar-refractivity contribution in [3.63, 3.8) is 0 Å². The molecule has 0 aliphatic rings. The Labute approximate surface area is 194 Å². The largest absolute Gasteiger partial charge is 0.497 e. The fourth-order valence-electron chi connectivity index (χ4n) is 3.03. The fourth-order valence-corrected chi connectivity index (χ4v) is 3.79. The first-order chi connectivity index (χ1) is 16.1. The van der Waals surface area contributed by atoms with E-state index in [-0.39, 0.29) is 11.7 Å². The van der Waals surface area contributed by atoms with Gasteiger partial charge in [-0.15, -0.1) is 0 Å². The van der Waals surface area contributed by atoms with Crippen LogP contribution >= 0.6 is 11.8 Å². The Morgan fingerprint density at radius 1 is 0.909 bits per heavy atom. The Bertz CT molecular complexity index is 1260. The molecule has 0 saturated heterocycles. The number of hydrogen-bond acceptors (Lipinski definition) is 9. The summed E-state index contributed by atoms with van der Waals surface area (Å²) in [5.74, 6) is 2.42. The average Bonchev–Trinajstić information content (AvgIpc) is 2.86. The van der Waals surface area contributed by atoms with Crippen molar-refractivity contribution in [2.75, 3.05) is 32.4 Å². The molecule has 2 aromatic carbocycles. The summed E-state index contributed by atoms with van der Waals surface area (Å²) in [6.07, 6.45) is 3.11. The Morgan fingerprint density at radius 2 is 1.61 bits per heavy atom. The molecule has 0 unspecified atom stereocenters. The molecule has 0 aliphatic carbocycles. The van der Waals surface area contributed by atoms with E-state index in [1.165, 1.54) is 18.1 Å². The van der Waals surface area contributed by atoms with Gasteiger partial charge in [-0.1, -0.05) is 11.8 Å². The molecular formula is C23H21N5O4S. The van der Waals surface area contributed by atoms with Crippen LogP contribution in [0.25, 0.3) is 22.4 Å². The highest BCUT2D eigenvalue weighted by molar-refractivity contribution is 8.00. The summed E-state index contributed by atoms with van der Waals surface area (Å²) in [5, 5.41) is 4.15. The zero-order chi connectivity index (χ0) is 23.2. The number of amides is 1. The quantitative estimate of drug-likeness (QED) is 0.308. The molecule has 4 rings (SSSR count). The fraction of sp³-hybridized carbons (Fsp3) is 0.174. The van der Waals surface area contributed by atoms with Crippen molar-refractivity contribution in [1.29, 1.82) is 0 Å². The normalized spacial score (nSPS) is 10.6. The van der Waals surface area contributed by atoms with E-state index in [4.69, 9.17) is 14.2 Å². The maximum absolute atomic E-state index is 12.5. The number of methoxy groups -OCH3 is 3. The van der Waals surface area contributed by atoms with Crippen molar-refractivity contribution in [2.45, 2.75) is 5.03 Å². The summed E-state index contributed by atoms with van der Waals surface area (Å²) >= 11 is 1.28. The molecular weight excluding hydrogens is 442 g/mol. The van der Waals surface area contributed by atoms with Gasteiger partial charge in [-0.05, 0) is 24.3 Å². The minimum Gasteiger partial charge on any atom is -0.497 e. The van der Waals surface area contributed by atoms with Gasteiger partial charge in [0, 0.05) is 35.6 Å². The lowest BCUT2D eigenvalue weighted by molar-refractivity contribution is -0.113. The summed E-state index contributed by atoms with van der Waals surface area (Å²) in [5.41, 5.74) is 1.93. The van der Waals surface area contributed by atoms with Crippen LogP contribution in [-0.2, 0) is 4.79 Å². The monoisotopic (exact) mass is 463 g/mol. The van der Waals surface area contributed by atoms with Gasteiger partial charge in [0.2, 0.25) is 5.91 Å². The van der Waals surface area contributed by atoms with Crippen molar-refractivity contribution in [2.24, 2.45) is 0 Å². The predicted octanol–water partition coefficient (Wildman–Crippen LogP) is 3.84. The maximum atomic E-state index is 12.5. The Kier molecular flexibility index (Phi) is 6.84. The van der Waals surface area contributed by atoms with Crippen molar-refractivity contribution in [1.82, 2.24) is 19.9 Å². The minimum absolute atomic E-state index is 0.145. The first-order valence-electron chi connectivity index (χ1n) is 9.87. The summed E-state index contributed by atoms with van der Waals surface area (Å²) in [6.45, 7) is 0. The first-order valence-corrected chi connectivity index (χ1v) is 10.9. The van der Waals surface area contributed by atoms with E-state index < -0.39 is 0 Å². The highest BCUT2D eigenvalue weighted by Gasteiger charge is 2.12. The molecule has 4 aromatic rings. The van der Waals surface area contributed by atoms with Gasteiger partial charge >= 0.3 is 0 Å². The van der Waals surface area contributed by atoms with Crippen molar-refractivity contribution in [3.05, 3.63) is 55.0 Å². The second kappa shape index (κ2) is 10.1. The molecule has 0 atom stereocenters. The zero-order valence-corrected chi connectivity index (χ0v) is 19.0. The SMILES string of the molecule is COc1ccc(-c2ncc3c(SCC(=O)Nc4cc(OC)cc(OC)c4)ncnc3n2)cc1. The highest BCUT2D eigenvalue weighted by atomic mass is 32.2. The highest BCUT2D eigenvalue weighted by Crippen LogP contribution is 2.28. The lowest BCUT2D eigenvalue weighted by Crippen LogP contribution is -2.14. The van der Waals surface area contributed by atoms with Crippen LogP contribution in [0.5, 0.6) is 17.2 Å². The van der Waals surface area contributed by atoms with Gasteiger partial charge in [0.25, 0.3) is 0 Å². The number of carbonyl (C=O) groups excluding carboxylic acids is 1. The second-order valence-corrected chi connectivity index (χ2v) is 7.74. The van der Waals surface area contributed by atoms with Crippen LogP contribution in [0.15, 0.2) is 60.0 Å². The number of ether oxygens (including phenoxy) is 3. The standard InChI is InChI=1S/C23H21N5O4S/c1-30-16-6-4-14(5-7-16)21-24-11-19-22(28-21)25-13-26-23(19)33-12-20(29)27-15-8-17(31-2)10-18(9-15)32-3/h4-11,13H,12H2,1-3H3,(H,27,29). The molecule has 0 saturated carbocycles. The van der Waals surface area contributed by atoms with E-state index in [0.29, 0.717) is 39.1 Å². The van der Waals surface area contributed by atoms with Gasteiger partial charge < -0.3 is 19.5 Å². The number of nitrogens with zero attached hydrogens (tertiary/aromatic N) is 4. The molecule has 10 heteroatoms. The van der Waals surface area contributed by atoms with Crippen LogP contribution in [0.1, 0.15) is 0 Å². The number of benzene rings is 2. The molecule has 0 spiro atoms. The molecule has 0 fully saturated rings. The second-order valence-electron chi connectivity index (χ2n) is 6.78. The molecule has 33 heavy (non-hydrogen) atoms. The first kappa shape index (κ1) is 22.3. The third-order valence-electron chi connectivity index (χ3n) is 4.68. The van der Waals surface area contributed by atoms with Gasteiger partial charge in [0.1, 0.15) is 28.6 Å². The average molecular weight is 464 g/mol. The molecule has 1 amide bonds. The molecule has 2 heterocycles. The molecule has 9 nitrogen and oxygen atoms in total. The summed E-state index contributed by atoms with van der Waals surface area (Å²) in [7, 11) is 4.72. The van der Waals surface area contributed by atoms with Crippen molar-refractivity contribution < 1.29 is 19.0 Å². The Hall–Kier alpha value is -3.92. The summed E-state index contributed by atoms with van der Waals surface area (Å²) < 4.78 is 15.7. The van der Waals surface area contributed by atoms with E-state index >= 15 is 0 Å². The van der Waals surface area contributed by atoms with Crippen LogP contribution < -0.4 is 19.5 Å². The number of carbonyl (C=O) groups is 1. The third kappa shape index (κ3) is 5.29. The molecule has 2 aromatic heterocycles. The van der Waals surface area contributed by atoms with Gasteiger partial charge in [-0.2, -0.15) is 0 Å². The van der Waals surface area contributed by atoms with Gasteiger partial charge in [-0.3, -0.25) is 4.79 Å². The Balaban J connectivity index is 1.48. The zero-order valence-electron chi connectivity index (χ0n) is 18.2. The van der Waals surface area contributed by atoms with Gasteiger partial charge in [0.05, 0.1) is 32.5 Å². The Morgan fingerprint density at radius 3 is 2.27 bits per heavy atom. The van der Waals surface area contributed by atoms with Crippen LogP contribution in [0, 0.1) is 0 Å². The molecule has 1 N–H and O–H groups in total. The van der Waals surface area contributed by atoms with Crippen molar-refractivity contribution >= 4 is 34.4 Å². The topological polar surface area (TPSA) is 108 Å². The van der Waals surface area contributed by atoms with Crippen LogP contribution in [0.3, 0.4) is 0 Å². The van der Waals surface area contributed by atoms with E-state index in [9.17, 15) is 4.79 Å². The van der Waals surface area contributed by atoms with Crippen LogP contribution in [0.4, 0.5) is 5.69 Å². The van der Waals surface area contributed by atoms with E-state index in [1.807, 2.05) is 24.3 Å². The lowest BCUT2D eigenvalue weighted by atomic mass is 10.2. The summed E-state index contributed by atoms with van der Waals surface area (Å²) in [6, 6.07) is 12.6. The van der Waals surface area contributed by atoms with Crippen LogP contribution in [0.2, 0.25) is 0 Å². The smallest absolute Gasteiger partial charge is 0.234 e.